The van der Waals surface area contributed by atoms with E-state index in [-0.39, 0.29) is 29.1 Å². The number of carbonyl (C=O) groups excluding carboxylic acids is 1. The SMILES string of the molecule is CCNC(=O)c1nnc(-c2cc(C(C)C)c(O)cc2O)n1-c1ccc(OCCN2CCN(C)CC2)cc1. The number of ether oxygens (including phenoxy) is 1. The van der Waals surface area contributed by atoms with E-state index in [0.717, 1.165) is 38.5 Å². The number of nitrogens with zero attached hydrogens (tertiary/aromatic N) is 5. The molecule has 0 bridgehead atoms. The van der Waals surface area contributed by atoms with Crippen LogP contribution in [0.1, 0.15) is 42.9 Å². The summed E-state index contributed by atoms with van der Waals surface area (Å²) < 4.78 is 7.58. The summed E-state index contributed by atoms with van der Waals surface area (Å²) >= 11 is 0. The van der Waals surface area contributed by atoms with E-state index >= 15 is 0 Å². The Morgan fingerprint density at radius 2 is 1.76 bits per heavy atom. The van der Waals surface area contributed by atoms with Gasteiger partial charge in [0.25, 0.3) is 5.91 Å². The van der Waals surface area contributed by atoms with Gasteiger partial charge in [0.1, 0.15) is 23.9 Å². The number of aromatic nitrogens is 3. The van der Waals surface area contributed by atoms with E-state index in [1.54, 1.807) is 10.6 Å². The van der Waals surface area contributed by atoms with Crippen LogP contribution in [0.2, 0.25) is 0 Å². The number of piperazine rings is 1. The maximum absolute atomic E-state index is 12.8. The van der Waals surface area contributed by atoms with Gasteiger partial charge in [0.2, 0.25) is 5.82 Å². The third-order valence-corrected chi connectivity index (χ3v) is 6.58. The number of hydrogen-bond acceptors (Lipinski definition) is 8. The quantitative estimate of drug-likeness (QED) is 0.404. The normalized spacial score (nSPS) is 14.7. The molecule has 2 aromatic carbocycles. The summed E-state index contributed by atoms with van der Waals surface area (Å²) in [5.41, 5.74) is 1.68. The second-order valence-electron chi connectivity index (χ2n) is 9.61. The number of hydrogen-bond donors (Lipinski definition) is 3. The van der Waals surface area contributed by atoms with Crippen LogP contribution in [0.4, 0.5) is 0 Å². The highest BCUT2D eigenvalue weighted by Gasteiger charge is 2.24. The van der Waals surface area contributed by atoms with Crippen LogP contribution in [-0.2, 0) is 0 Å². The molecule has 0 aliphatic carbocycles. The van der Waals surface area contributed by atoms with Gasteiger partial charge in [-0.25, -0.2) is 0 Å². The summed E-state index contributed by atoms with van der Waals surface area (Å²) in [6.45, 7) is 11.8. The summed E-state index contributed by atoms with van der Waals surface area (Å²) in [5, 5.41) is 32.1. The third-order valence-electron chi connectivity index (χ3n) is 6.58. The maximum Gasteiger partial charge on any atom is 0.289 e. The van der Waals surface area contributed by atoms with Crippen molar-refractivity contribution in [2.24, 2.45) is 0 Å². The highest BCUT2D eigenvalue weighted by Crippen LogP contribution is 2.38. The molecule has 1 saturated heterocycles. The number of benzene rings is 2. The second kappa shape index (κ2) is 11.6. The molecule has 10 heteroatoms. The molecule has 198 valence electrons. The molecule has 0 atom stereocenters. The molecule has 0 unspecified atom stereocenters. The van der Waals surface area contributed by atoms with Gasteiger partial charge < -0.3 is 25.2 Å². The molecule has 1 aliphatic rings. The van der Waals surface area contributed by atoms with Crippen molar-refractivity contribution < 1.29 is 19.7 Å². The smallest absolute Gasteiger partial charge is 0.289 e. The summed E-state index contributed by atoms with van der Waals surface area (Å²) in [5.74, 6) is 0.605. The van der Waals surface area contributed by atoms with E-state index in [9.17, 15) is 15.0 Å². The van der Waals surface area contributed by atoms with Crippen molar-refractivity contribution in [2.45, 2.75) is 26.7 Å². The monoisotopic (exact) mass is 508 g/mol. The first kappa shape index (κ1) is 26.4. The Bertz CT molecular complexity index is 1220. The molecule has 10 nitrogen and oxygen atoms in total. The Morgan fingerprint density at radius 1 is 1.05 bits per heavy atom. The maximum atomic E-state index is 12.8. The van der Waals surface area contributed by atoms with Crippen molar-refractivity contribution in [2.75, 3.05) is 52.9 Å². The topological polar surface area (TPSA) is 116 Å². The van der Waals surface area contributed by atoms with E-state index in [0.29, 0.717) is 35.8 Å². The summed E-state index contributed by atoms with van der Waals surface area (Å²) in [4.78, 5) is 17.5. The largest absolute Gasteiger partial charge is 0.508 e. The zero-order valence-electron chi connectivity index (χ0n) is 21.9. The van der Waals surface area contributed by atoms with Gasteiger partial charge in [-0.05, 0) is 55.8 Å². The lowest BCUT2D eigenvalue weighted by Gasteiger charge is -2.32. The lowest BCUT2D eigenvalue weighted by atomic mass is 9.98. The summed E-state index contributed by atoms with van der Waals surface area (Å²) in [7, 11) is 2.14. The first-order valence-corrected chi connectivity index (χ1v) is 12.7. The number of nitrogens with one attached hydrogen (secondary N) is 1. The molecule has 2 heterocycles. The van der Waals surface area contributed by atoms with Gasteiger partial charge in [-0.3, -0.25) is 14.3 Å². The number of rotatable bonds is 9. The molecule has 1 aromatic heterocycles. The minimum absolute atomic E-state index is 0.00402. The lowest BCUT2D eigenvalue weighted by Crippen LogP contribution is -2.45. The van der Waals surface area contributed by atoms with Gasteiger partial charge in [0, 0.05) is 51.0 Å². The Labute approximate surface area is 217 Å². The van der Waals surface area contributed by atoms with Gasteiger partial charge in [-0.15, -0.1) is 10.2 Å². The number of phenolic OH excluding ortho intramolecular Hbond substituents is 2. The van der Waals surface area contributed by atoms with Gasteiger partial charge in [0.05, 0.1) is 5.56 Å². The Hall–Kier alpha value is -3.63. The van der Waals surface area contributed by atoms with E-state index < -0.39 is 0 Å². The van der Waals surface area contributed by atoms with Crippen LogP contribution in [0.3, 0.4) is 0 Å². The molecule has 1 fully saturated rings. The zero-order valence-corrected chi connectivity index (χ0v) is 21.9. The number of phenols is 2. The van der Waals surface area contributed by atoms with Crippen LogP contribution < -0.4 is 10.1 Å². The van der Waals surface area contributed by atoms with E-state index in [1.165, 1.54) is 6.07 Å². The molecule has 0 spiro atoms. The number of carbonyl (C=O) groups is 1. The minimum Gasteiger partial charge on any atom is -0.508 e. The zero-order chi connectivity index (χ0) is 26.5. The number of likely N-dealkylation sites (N-methyl/N-ethyl adjacent to an activating group) is 1. The third kappa shape index (κ3) is 6.03. The van der Waals surface area contributed by atoms with E-state index in [4.69, 9.17) is 4.74 Å². The van der Waals surface area contributed by atoms with Crippen molar-refractivity contribution in [3.05, 3.63) is 47.8 Å². The Kier molecular flexibility index (Phi) is 8.30. The fourth-order valence-electron chi connectivity index (χ4n) is 4.38. The lowest BCUT2D eigenvalue weighted by molar-refractivity contribution is 0.0943. The van der Waals surface area contributed by atoms with Crippen LogP contribution in [0, 0.1) is 0 Å². The highest BCUT2D eigenvalue weighted by molar-refractivity contribution is 5.92. The molecular weight excluding hydrogens is 472 g/mol. The number of aromatic hydroxyl groups is 2. The average molecular weight is 509 g/mol. The molecule has 3 aromatic rings. The first-order chi connectivity index (χ1) is 17.8. The summed E-state index contributed by atoms with van der Waals surface area (Å²) in [6, 6.07) is 10.4. The molecule has 3 N–H and O–H groups in total. The molecule has 0 saturated carbocycles. The average Bonchev–Trinajstić information content (AvgIpc) is 3.31. The van der Waals surface area contributed by atoms with Gasteiger partial charge in [-0.2, -0.15) is 0 Å². The minimum atomic E-state index is -0.379. The van der Waals surface area contributed by atoms with Crippen molar-refractivity contribution in [1.29, 1.82) is 0 Å². The molecule has 0 radical (unpaired) electrons. The van der Waals surface area contributed by atoms with Crippen LogP contribution in [0.25, 0.3) is 17.1 Å². The van der Waals surface area contributed by atoms with Crippen molar-refractivity contribution >= 4 is 5.91 Å². The standard InChI is InChI=1S/C27H36N6O4/c1-5-28-27(36)26-30-29-25(22-16-21(18(2)3)23(34)17-24(22)35)33(26)19-6-8-20(9-7-19)37-15-14-32-12-10-31(4)11-13-32/h6-9,16-18,34-35H,5,10-15H2,1-4H3,(H,28,36). The molecule has 1 aliphatic heterocycles. The van der Waals surface area contributed by atoms with Gasteiger partial charge in [0.15, 0.2) is 5.82 Å². The molecular formula is C27H36N6O4. The highest BCUT2D eigenvalue weighted by atomic mass is 16.5. The van der Waals surface area contributed by atoms with Crippen LogP contribution in [0.15, 0.2) is 36.4 Å². The predicted octanol–water partition coefficient (Wildman–Crippen LogP) is 2.84. The first-order valence-electron chi connectivity index (χ1n) is 12.7. The van der Waals surface area contributed by atoms with Gasteiger partial charge >= 0.3 is 0 Å². The van der Waals surface area contributed by atoms with Crippen LogP contribution in [-0.4, -0.2) is 93.6 Å². The fraction of sp³-hybridized carbons (Fsp3) is 0.444. The molecule has 4 rings (SSSR count). The number of amides is 1. The molecule has 37 heavy (non-hydrogen) atoms. The van der Waals surface area contributed by atoms with Crippen LogP contribution >= 0.6 is 0 Å². The fourth-order valence-corrected chi connectivity index (χ4v) is 4.38. The van der Waals surface area contributed by atoms with Crippen molar-refractivity contribution in [1.82, 2.24) is 29.9 Å². The van der Waals surface area contributed by atoms with Crippen molar-refractivity contribution in [3.63, 3.8) is 0 Å². The van der Waals surface area contributed by atoms with Crippen LogP contribution in [0.5, 0.6) is 17.2 Å². The predicted molar refractivity (Wildman–Crippen MR) is 142 cm³/mol. The van der Waals surface area contributed by atoms with E-state index in [2.05, 4.69) is 32.4 Å². The molecule has 1 amide bonds. The second-order valence-corrected chi connectivity index (χ2v) is 9.61. The van der Waals surface area contributed by atoms with E-state index in [1.807, 2.05) is 45.0 Å². The van der Waals surface area contributed by atoms with Crippen molar-refractivity contribution in [3.8, 4) is 34.3 Å². The Balaban J connectivity index is 1.61. The summed E-state index contributed by atoms with van der Waals surface area (Å²) in [6.07, 6.45) is 0. The Morgan fingerprint density at radius 3 is 2.41 bits per heavy atom. The van der Waals surface area contributed by atoms with Gasteiger partial charge in [-0.1, -0.05) is 13.8 Å².